The van der Waals surface area contributed by atoms with Gasteiger partial charge in [0.25, 0.3) is 5.24 Å². The van der Waals surface area contributed by atoms with Crippen LogP contribution in [-0.2, 0) is 5.75 Å². The summed E-state index contributed by atoms with van der Waals surface area (Å²) in [4.78, 5) is 14.9. The van der Waals surface area contributed by atoms with Gasteiger partial charge in [-0.25, -0.2) is 0 Å². The van der Waals surface area contributed by atoms with Crippen molar-refractivity contribution >= 4 is 17.0 Å². The number of hydrogen-bond acceptors (Lipinski definition) is 3. The van der Waals surface area contributed by atoms with Crippen LogP contribution in [0.4, 0.5) is 4.79 Å². The van der Waals surface area contributed by atoms with Crippen LogP contribution in [0.1, 0.15) is 5.69 Å². The van der Waals surface area contributed by atoms with Crippen molar-refractivity contribution in [2.75, 3.05) is 7.05 Å². The Morgan fingerprint density at radius 3 is 3.08 bits per heavy atom. The predicted molar refractivity (Wildman–Crippen MR) is 50.0 cm³/mol. The van der Waals surface area contributed by atoms with Crippen LogP contribution < -0.4 is 5.32 Å². The van der Waals surface area contributed by atoms with E-state index in [1.54, 1.807) is 13.2 Å². The summed E-state index contributed by atoms with van der Waals surface area (Å²) in [6.07, 6.45) is 1.72. The number of rotatable bonds is 2. The maximum absolute atomic E-state index is 10.8. The van der Waals surface area contributed by atoms with Crippen molar-refractivity contribution in [2.24, 2.45) is 0 Å². The van der Waals surface area contributed by atoms with E-state index < -0.39 is 0 Å². The highest BCUT2D eigenvalue weighted by atomic mass is 32.2. The van der Waals surface area contributed by atoms with Gasteiger partial charge in [-0.05, 0) is 12.1 Å². The van der Waals surface area contributed by atoms with Gasteiger partial charge in [0.15, 0.2) is 0 Å². The van der Waals surface area contributed by atoms with Crippen LogP contribution in [0, 0.1) is 0 Å². The predicted octanol–water partition coefficient (Wildman–Crippen LogP) is 1.65. The fraction of sp³-hybridized carbons (Fsp3) is 0.250. The summed E-state index contributed by atoms with van der Waals surface area (Å²) < 4.78 is 0. The first-order valence-corrected chi connectivity index (χ1v) is 4.56. The van der Waals surface area contributed by atoms with Gasteiger partial charge in [0, 0.05) is 19.0 Å². The number of nitrogens with zero attached hydrogens (tertiary/aromatic N) is 1. The molecule has 1 heterocycles. The molecule has 1 aromatic rings. The van der Waals surface area contributed by atoms with Crippen molar-refractivity contribution in [1.29, 1.82) is 0 Å². The second-order valence-corrected chi connectivity index (χ2v) is 3.10. The lowest BCUT2D eigenvalue weighted by atomic mass is 10.4. The van der Waals surface area contributed by atoms with Crippen molar-refractivity contribution in [3.8, 4) is 0 Å². The summed E-state index contributed by atoms with van der Waals surface area (Å²) >= 11 is 1.22. The van der Waals surface area contributed by atoms with Crippen molar-refractivity contribution in [3.05, 3.63) is 30.1 Å². The van der Waals surface area contributed by atoms with E-state index >= 15 is 0 Å². The summed E-state index contributed by atoms with van der Waals surface area (Å²) in [5.41, 5.74) is 0.922. The molecule has 3 nitrogen and oxygen atoms in total. The van der Waals surface area contributed by atoms with E-state index in [4.69, 9.17) is 0 Å². The van der Waals surface area contributed by atoms with Crippen molar-refractivity contribution in [3.63, 3.8) is 0 Å². The maximum atomic E-state index is 10.8. The zero-order valence-corrected chi connectivity index (χ0v) is 7.60. The molecule has 0 unspecified atom stereocenters. The summed E-state index contributed by atoms with van der Waals surface area (Å²) in [7, 11) is 1.62. The molecule has 0 saturated heterocycles. The van der Waals surface area contributed by atoms with Gasteiger partial charge in [-0.15, -0.1) is 0 Å². The van der Waals surface area contributed by atoms with E-state index in [9.17, 15) is 4.79 Å². The Kier molecular flexibility index (Phi) is 3.60. The lowest BCUT2D eigenvalue weighted by Crippen LogP contribution is -2.11. The first kappa shape index (κ1) is 9.06. The molecule has 1 N–H and O–H groups in total. The van der Waals surface area contributed by atoms with Crippen LogP contribution in [0.2, 0.25) is 0 Å². The monoisotopic (exact) mass is 182 g/mol. The molecule has 0 bridgehead atoms. The molecule has 0 aromatic carbocycles. The highest BCUT2D eigenvalue weighted by Crippen LogP contribution is 2.09. The first-order chi connectivity index (χ1) is 5.83. The Hall–Kier alpha value is -1.03. The molecule has 0 aliphatic rings. The third-order valence-corrected chi connectivity index (χ3v) is 2.19. The van der Waals surface area contributed by atoms with Crippen LogP contribution in [0.3, 0.4) is 0 Å². The molecule has 1 aromatic heterocycles. The smallest absolute Gasteiger partial charge is 0.279 e. The molecule has 0 spiro atoms. The lowest BCUT2D eigenvalue weighted by molar-refractivity contribution is 0.262. The van der Waals surface area contributed by atoms with E-state index in [1.165, 1.54) is 11.8 Å². The van der Waals surface area contributed by atoms with Gasteiger partial charge in [0.05, 0.1) is 5.69 Å². The molecule has 0 atom stereocenters. The number of carbonyl (C=O) groups is 1. The van der Waals surface area contributed by atoms with Crippen LogP contribution in [0.5, 0.6) is 0 Å². The van der Waals surface area contributed by atoms with Gasteiger partial charge in [-0.3, -0.25) is 9.78 Å². The Morgan fingerprint density at radius 1 is 1.67 bits per heavy atom. The van der Waals surface area contributed by atoms with E-state index in [-0.39, 0.29) is 5.24 Å². The number of thioether (sulfide) groups is 1. The lowest BCUT2D eigenvalue weighted by Gasteiger charge is -1.97. The van der Waals surface area contributed by atoms with Crippen LogP contribution in [0.25, 0.3) is 0 Å². The third-order valence-electron chi connectivity index (χ3n) is 1.28. The molecule has 1 amide bonds. The van der Waals surface area contributed by atoms with Gasteiger partial charge in [-0.2, -0.15) is 0 Å². The Labute approximate surface area is 75.6 Å². The quantitative estimate of drug-likeness (QED) is 0.756. The molecule has 0 radical (unpaired) electrons. The Balaban J connectivity index is 2.38. The van der Waals surface area contributed by atoms with Gasteiger partial charge >= 0.3 is 0 Å². The summed E-state index contributed by atoms with van der Waals surface area (Å²) in [5, 5.41) is 2.50. The van der Waals surface area contributed by atoms with Gasteiger partial charge in [-0.1, -0.05) is 17.8 Å². The highest BCUT2D eigenvalue weighted by molar-refractivity contribution is 8.12. The Morgan fingerprint density at radius 2 is 2.50 bits per heavy atom. The fourth-order valence-electron chi connectivity index (χ4n) is 0.695. The molecule has 1 rings (SSSR count). The number of nitrogens with one attached hydrogen (secondary N) is 1. The van der Waals surface area contributed by atoms with Gasteiger partial charge in [0.2, 0.25) is 0 Å². The highest BCUT2D eigenvalue weighted by Gasteiger charge is 1.99. The topological polar surface area (TPSA) is 42.0 Å². The van der Waals surface area contributed by atoms with Crippen LogP contribution in [-0.4, -0.2) is 17.3 Å². The average Bonchev–Trinajstić information content (AvgIpc) is 2.16. The minimum absolute atomic E-state index is 0.0272. The van der Waals surface area contributed by atoms with E-state index in [2.05, 4.69) is 10.3 Å². The Bertz CT molecular complexity index is 250. The first-order valence-electron chi connectivity index (χ1n) is 3.57. The van der Waals surface area contributed by atoms with Crippen LogP contribution in [0.15, 0.2) is 24.4 Å². The number of aromatic nitrogens is 1. The molecule has 64 valence electrons. The summed E-state index contributed by atoms with van der Waals surface area (Å²) in [6.45, 7) is 0. The zero-order valence-electron chi connectivity index (χ0n) is 6.78. The maximum Gasteiger partial charge on any atom is 0.279 e. The van der Waals surface area contributed by atoms with Crippen LogP contribution >= 0.6 is 11.8 Å². The normalized spacial score (nSPS) is 9.42. The molecular weight excluding hydrogens is 172 g/mol. The molecule has 4 heteroatoms. The zero-order chi connectivity index (χ0) is 8.81. The second-order valence-electron chi connectivity index (χ2n) is 2.15. The SMILES string of the molecule is CNC(=O)SCc1ccccn1. The van der Waals surface area contributed by atoms with E-state index in [0.717, 1.165) is 5.69 Å². The fourth-order valence-corrected chi connectivity index (χ4v) is 1.29. The number of hydrogen-bond donors (Lipinski definition) is 1. The second kappa shape index (κ2) is 4.77. The number of pyridine rings is 1. The molecule has 0 saturated carbocycles. The number of carbonyl (C=O) groups excluding carboxylic acids is 1. The molecule has 0 aliphatic heterocycles. The van der Waals surface area contributed by atoms with Crippen molar-refractivity contribution in [2.45, 2.75) is 5.75 Å². The van der Waals surface area contributed by atoms with Gasteiger partial charge < -0.3 is 5.32 Å². The summed E-state index contributed by atoms with van der Waals surface area (Å²) in [5.74, 6) is 0.626. The molecule has 0 aliphatic carbocycles. The van der Waals surface area contributed by atoms with E-state index in [0.29, 0.717) is 5.75 Å². The third kappa shape index (κ3) is 2.92. The van der Waals surface area contributed by atoms with Crippen molar-refractivity contribution in [1.82, 2.24) is 10.3 Å². The minimum Gasteiger partial charge on any atom is -0.350 e. The number of amides is 1. The molecular formula is C8H10N2OS. The van der Waals surface area contributed by atoms with Crippen molar-refractivity contribution < 1.29 is 4.79 Å². The van der Waals surface area contributed by atoms with E-state index in [1.807, 2.05) is 18.2 Å². The van der Waals surface area contributed by atoms with Gasteiger partial charge in [0.1, 0.15) is 0 Å². The largest absolute Gasteiger partial charge is 0.350 e. The molecule has 0 fully saturated rings. The standard InChI is InChI=1S/C8H10N2OS/c1-9-8(11)12-6-7-4-2-3-5-10-7/h2-5H,6H2,1H3,(H,9,11). The summed E-state index contributed by atoms with van der Waals surface area (Å²) in [6, 6.07) is 5.66. The molecule has 12 heavy (non-hydrogen) atoms. The minimum atomic E-state index is -0.0272. The average molecular weight is 182 g/mol.